The van der Waals surface area contributed by atoms with Crippen LogP contribution >= 0.6 is 0 Å². The molecule has 5 heteroatoms. The summed E-state index contributed by atoms with van der Waals surface area (Å²) in [6, 6.07) is 6.40. The minimum Gasteiger partial charge on any atom is -0.336 e. The molecule has 94 valence electrons. The van der Waals surface area contributed by atoms with E-state index in [9.17, 15) is 4.39 Å². The van der Waals surface area contributed by atoms with E-state index in [1.165, 1.54) is 25.0 Å². The maximum Gasteiger partial charge on any atom is 0.285 e. The van der Waals surface area contributed by atoms with Gasteiger partial charge in [-0.15, -0.1) is 0 Å². The van der Waals surface area contributed by atoms with Crippen molar-refractivity contribution in [3.8, 4) is 11.4 Å². The van der Waals surface area contributed by atoms with E-state index in [2.05, 4.69) is 15.5 Å². The van der Waals surface area contributed by atoms with Crippen LogP contribution in [0.1, 0.15) is 31.2 Å². The highest BCUT2D eigenvalue weighted by Gasteiger charge is 2.24. The summed E-state index contributed by atoms with van der Waals surface area (Å²) in [5.74, 6) is 0.945. The molecule has 0 bridgehead atoms. The van der Waals surface area contributed by atoms with Crippen molar-refractivity contribution in [2.75, 3.05) is 6.54 Å². The number of hydrogen-bond acceptors (Lipinski definition) is 3. The Kier molecular flexibility index (Phi) is 3.06. The molecule has 3 rings (SSSR count). The minimum absolute atomic E-state index is 0.261. The summed E-state index contributed by atoms with van der Waals surface area (Å²) < 4.78 is 18.1. The summed E-state index contributed by atoms with van der Waals surface area (Å²) in [7, 11) is 0. The Morgan fingerprint density at radius 2 is 2.06 bits per heavy atom. The van der Waals surface area contributed by atoms with Crippen molar-refractivity contribution < 1.29 is 14.2 Å². The highest BCUT2D eigenvalue weighted by atomic mass is 19.1. The summed E-state index contributed by atoms with van der Waals surface area (Å²) >= 11 is 0. The molecule has 2 N–H and O–H groups in total. The zero-order valence-corrected chi connectivity index (χ0v) is 9.97. The molecule has 1 aliphatic rings. The molecule has 4 nitrogen and oxygen atoms in total. The maximum atomic E-state index is 12.8. The van der Waals surface area contributed by atoms with Gasteiger partial charge in [0.15, 0.2) is 6.04 Å². The van der Waals surface area contributed by atoms with Crippen molar-refractivity contribution >= 4 is 0 Å². The van der Waals surface area contributed by atoms with Crippen LogP contribution in [0.4, 0.5) is 4.39 Å². The lowest BCUT2D eigenvalue weighted by Crippen LogP contribution is -2.86. The molecule has 1 atom stereocenters. The van der Waals surface area contributed by atoms with Gasteiger partial charge in [-0.2, -0.15) is 4.98 Å². The van der Waals surface area contributed by atoms with Crippen molar-refractivity contribution in [2.24, 2.45) is 0 Å². The van der Waals surface area contributed by atoms with E-state index in [1.54, 1.807) is 12.1 Å². The van der Waals surface area contributed by atoms with Gasteiger partial charge in [-0.1, -0.05) is 5.16 Å². The number of halogens is 1. The summed E-state index contributed by atoms with van der Waals surface area (Å²) in [4.78, 5) is 4.40. The first kappa shape index (κ1) is 11.3. The summed E-state index contributed by atoms with van der Waals surface area (Å²) in [5.41, 5.74) is 0.780. The topological polar surface area (TPSA) is 55.5 Å². The largest absolute Gasteiger partial charge is 0.336 e. The lowest BCUT2D eigenvalue weighted by molar-refractivity contribution is -0.706. The number of hydrogen-bond donors (Lipinski definition) is 1. The Hall–Kier alpha value is -1.75. The van der Waals surface area contributed by atoms with Crippen LogP contribution < -0.4 is 5.32 Å². The minimum atomic E-state index is -0.261. The van der Waals surface area contributed by atoms with Crippen molar-refractivity contribution in [3.63, 3.8) is 0 Å². The Morgan fingerprint density at radius 1 is 1.22 bits per heavy atom. The number of nitrogens with zero attached hydrogens (tertiary/aromatic N) is 2. The van der Waals surface area contributed by atoms with Gasteiger partial charge in [0.25, 0.3) is 5.89 Å². The molecule has 0 saturated carbocycles. The molecule has 0 radical (unpaired) electrons. The van der Waals surface area contributed by atoms with Gasteiger partial charge in [0.05, 0.1) is 6.54 Å². The quantitative estimate of drug-likeness (QED) is 0.879. The molecular weight excluding hydrogens is 233 g/mol. The van der Waals surface area contributed by atoms with Crippen LogP contribution in [0, 0.1) is 5.82 Å². The van der Waals surface area contributed by atoms with E-state index < -0.39 is 0 Å². The van der Waals surface area contributed by atoms with E-state index in [1.807, 2.05) is 0 Å². The second-order valence-corrected chi connectivity index (χ2v) is 4.59. The monoisotopic (exact) mass is 248 g/mol. The fourth-order valence-electron chi connectivity index (χ4n) is 2.27. The van der Waals surface area contributed by atoms with Crippen LogP contribution in [-0.4, -0.2) is 16.7 Å². The maximum absolute atomic E-state index is 12.8. The van der Waals surface area contributed by atoms with Gasteiger partial charge in [0, 0.05) is 12.0 Å². The number of quaternary nitrogens is 1. The molecule has 0 aliphatic carbocycles. The van der Waals surface area contributed by atoms with E-state index in [4.69, 9.17) is 4.52 Å². The molecule has 18 heavy (non-hydrogen) atoms. The standard InChI is InChI=1S/C13H14FN3O/c14-10-6-4-9(5-7-10)12-16-13(18-17-12)11-3-1-2-8-15-11/h4-7,11,15H,1-3,8H2/p+1/t11-/m1/s1. The lowest BCUT2D eigenvalue weighted by Gasteiger charge is -2.15. The molecule has 1 aromatic carbocycles. The molecular formula is C13H15FN3O+. The third-order valence-corrected chi connectivity index (χ3v) is 3.28. The molecule has 0 amide bonds. The first-order valence-electron chi connectivity index (χ1n) is 6.26. The zero-order valence-electron chi connectivity index (χ0n) is 9.97. The zero-order chi connectivity index (χ0) is 12.4. The smallest absolute Gasteiger partial charge is 0.285 e. The normalized spacial score (nSPS) is 19.9. The Bertz CT molecular complexity index is 517. The van der Waals surface area contributed by atoms with Gasteiger partial charge in [0.2, 0.25) is 5.82 Å². The van der Waals surface area contributed by atoms with E-state index in [0.717, 1.165) is 18.5 Å². The van der Waals surface area contributed by atoms with Crippen LogP contribution in [0.25, 0.3) is 11.4 Å². The van der Waals surface area contributed by atoms with Gasteiger partial charge in [-0.05, 0) is 37.1 Å². The van der Waals surface area contributed by atoms with Crippen molar-refractivity contribution in [1.82, 2.24) is 10.1 Å². The van der Waals surface area contributed by atoms with Crippen molar-refractivity contribution in [2.45, 2.75) is 25.3 Å². The summed E-state index contributed by atoms with van der Waals surface area (Å²) in [6.45, 7) is 1.11. The third kappa shape index (κ3) is 2.26. The first-order valence-corrected chi connectivity index (χ1v) is 6.26. The Balaban J connectivity index is 1.82. The number of rotatable bonds is 2. The van der Waals surface area contributed by atoms with E-state index >= 15 is 0 Å². The molecule has 1 fully saturated rings. The lowest BCUT2D eigenvalue weighted by atomic mass is 10.1. The van der Waals surface area contributed by atoms with Gasteiger partial charge < -0.3 is 9.84 Å². The van der Waals surface area contributed by atoms with Crippen LogP contribution in [-0.2, 0) is 0 Å². The van der Waals surface area contributed by atoms with E-state index in [0.29, 0.717) is 11.7 Å². The second kappa shape index (κ2) is 4.86. The van der Waals surface area contributed by atoms with Crippen molar-refractivity contribution in [3.05, 3.63) is 36.0 Å². The highest BCUT2D eigenvalue weighted by Crippen LogP contribution is 2.21. The molecule has 1 saturated heterocycles. The van der Waals surface area contributed by atoms with Gasteiger partial charge in [-0.3, -0.25) is 0 Å². The number of nitrogens with two attached hydrogens (primary N) is 1. The highest BCUT2D eigenvalue weighted by molar-refractivity contribution is 5.53. The predicted octanol–water partition coefficient (Wildman–Crippen LogP) is 1.66. The second-order valence-electron chi connectivity index (χ2n) is 4.59. The fourth-order valence-corrected chi connectivity index (χ4v) is 2.27. The molecule has 2 aromatic rings. The van der Waals surface area contributed by atoms with Crippen molar-refractivity contribution in [1.29, 1.82) is 0 Å². The molecule has 0 unspecified atom stereocenters. The van der Waals surface area contributed by atoms with Crippen LogP contribution in [0.3, 0.4) is 0 Å². The fraction of sp³-hybridized carbons (Fsp3) is 0.385. The Labute approximate surface area is 104 Å². The first-order chi connectivity index (χ1) is 8.83. The Morgan fingerprint density at radius 3 is 2.78 bits per heavy atom. The SMILES string of the molecule is Fc1ccc(-c2noc([C@H]3CCCC[NH2+]3)n2)cc1. The number of benzene rings is 1. The molecule has 2 heterocycles. The summed E-state index contributed by atoms with van der Waals surface area (Å²) in [6.07, 6.45) is 3.52. The van der Waals surface area contributed by atoms with Gasteiger partial charge in [-0.25, -0.2) is 4.39 Å². The van der Waals surface area contributed by atoms with Crippen LogP contribution in [0.15, 0.2) is 28.8 Å². The van der Waals surface area contributed by atoms with E-state index in [-0.39, 0.29) is 11.9 Å². The van der Waals surface area contributed by atoms with Crippen LogP contribution in [0.5, 0.6) is 0 Å². The number of piperidine rings is 1. The van der Waals surface area contributed by atoms with Gasteiger partial charge >= 0.3 is 0 Å². The third-order valence-electron chi connectivity index (χ3n) is 3.28. The average molecular weight is 248 g/mol. The summed E-state index contributed by atoms with van der Waals surface area (Å²) in [5, 5.41) is 6.20. The predicted molar refractivity (Wildman–Crippen MR) is 63.1 cm³/mol. The van der Waals surface area contributed by atoms with Crippen LogP contribution in [0.2, 0.25) is 0 Å². The molecule has 1 aliphatic heterocycles. The van der Waals surface area contributed by atoms with Gasteiger partial charge in [0.1, 0.15) is 5.82 Å². The number of aromatic nitrogens is 2. The average Bonchev–Trinajstić information content (AvgIpc) is 2.90. The molecule has 0 spiro atoms. The molecule has 1 aromatic heterocycles.